The van der Waals surface area contributed by atoms with Crippen LogP contribution in [0.2, 0.25) is 0 Å². The molecule has 0 unspecified atom stereocenters. The number of aromatic nitrogens is 3. The van der Waals surface area contributed by atoms with E-state index in [4.69, 9.17) is 0 Å². The molecule has 0 atom stereocenters. The normalized spacial score (nSPS) is 14.5. The Labute approximate surface area is 123 Å². The van der Waals surface area contributed by atoms with Crippen molar-refractivity contribution in [1.29, 1.82) is 0 Å². The van der Waals surface area contributed by atoms with Gasteiger partial charge in [-0.2, -0.15) is 0 Å². The summed E-state index contributed by atoms with van der Waals surface area (Å²) in [6.07, 6.45) is 6.89. The Hall–Kier alpha value is -2.02. The lowest BCUT2D eigenvalue weighted by atomic mass is 9.95. The first-order valence-corrected chi connectivity index (χ1v) is 8.34. The lowest BCUT2D eigenvalue weighted by Gasteiger charge is -2.17. The van der Waals surface area contributed by atoms with Crippen molar-refractivity contribution in [2.24, 2.45) is 0 Å². The van der Waals surface area contributed by atoms with Crippen LogP contribution in [0, 0.1) is 6.92 Å². The van der Waals surface area contributed by atoms with Gasteiger partial charge in [-0.25, -0.2) is 23.1 Å². The largest absolute Gasteiger partial charge is 0.265 e. The molecule has 0 aromatic carbocycles. The number of fused-ring (bicyclic) bond motifs is 1. The van der Waals surface area contributed by atoms with Crippen molar-refractivity contribution in [3.8, 4) is 0 Å². The molecule has 0 spiro atoms. The highest BCUT2D eigenvalue weighted by Crippen LogP contribution is 2.23. The summed E-state index contributed by atoms with van der Waals surface area (Å²) in [5.74, 6) is 0.136. The Morgan fingerprint density at radius 3 is 2.76 bits per heavy atom. The third-order valence-corrected chi connectivity index (χ3v) is 4.87. The van der Waals surface area contributed by atoms with E-state index in [0.717, 1.165) is 42.6 Å². The van der Waals surface area contributed by atoms with Gasteiger partial charge in [0.2, 0.25) is 5.95 Å². The summed E-state index contributed by atoms with van der Waals surface area (Å²) < 4.78 is 26.9. The first-order valence-electron chi connectivity index (χ1n) is 6.85. The number of nitrogens with zero attached hydrogens (tertiary/aromatic N) is 3. The molecule has 2 aromatic rings. The van der Waals surface area contributed by atoms with Crippen LogP contribution in [-0.4, -0.2) is 23.4 Å². The topological polar surface area (TPSA) is 84.8 Å². The third-order valence-electron chi connectivity index (χ3n) is 3.56. The molecule has 0 saturated carbocycles. The van der Waals surface area contributed by atoms with Crippen molar-refractivity contribution in [2.75, 3.05) is 4.72 Å². The Balaban J connectivity index is 1.94. The number of aryl methyl sites for hydroxylation is 2. The molecule has 0 saturated heterocycles. The quantitative estimate of drug-likeness (QED) is 0.935. The fourth-order valence-corrected chi connectivity index (χ4v) is 3.42. The van der Waals surface area contributed by atoms with Gasteiger partial charge in [-0.1, -0.05) is 0 Å². The van der Waals surface area contributed by atoms with Crippen LogP contribution in [-0.2, 0) is 22.9 Å². The molecule has 0 aliphatic heterocycles. The Morgan fingerprint density at radius 1 is 1.19 bits per heavy atom. The van der Waals surface area contributed by atoms with E-state index in [1.54, 1.807) is 6.07 Å². The lowest BCUT2D eigenvalue weighted by Crippen LogP contribution is -2.18. The highest BCUT2D eigenvalue weighted by molar-refractivity contribution is 7.92. The molecule has 110 valence electrons. The number of anilines is 1. The summed E-state index contributed by atoms with van der Waals surface area (Å²) in [7, 11) is -3.69. The van der Waals surface area contributed by atoms with Gasteiger partial charge in [0.05, 0.1) is 0 Å². The molecule has 2 heterocycles. The number of pyridine rings is 1. The summed E-state index contributed by atoms with van der Waals surface area (Å²) in [6, 6.07) is 3.06. The van der Waals surface area contributed by atoms with Gasteiger partial charge in [0, 0.05) is 23.8 Å². The van der Waals surface area contributed by atoms with E-state index in [-0.39, 0.29) is 10.8 Å². The number of hydrogen-bond donors (Lipinski definition) is 1. The molecule has 0 fully saturated rings. The molecule has 1 aliphatic carbocycles. The van der Waals surface area contributed by atoms with Crippen LogP contribution in [0.25, 0.3) is 0 Å². The molecule has 7 heteroatoms. The average Bonchev–Trinajstić information content (AvgIpc) is 2.48. The smallest absolute Gasteiger partial charge is 0.263 e. The Morgan fingerprint density at radius 2 is 2.00 bits per heavy atom. The predicted molar refractivity (Wildman–Crippen MR) is 78.5 cm³/mol. The van der Waals surface area contributed by atoms with Crippen molar-refractivity contribution >= 4 is 16.0 Å². The van der Waals surface area contributed by atoms with Crippen molar-refractivity contribution in [3.63, 3.8) is 0 Å². The van der Waals surface area contributed by atoms with E-state index in [0.29, 0.717) is 0 Å². The van der Waals surface area contributed by atoms with Gasteiger partial charge in [0.15, 0.2) is 0 Å². The molecule has 3 rings (SSSR count). The zero-order chi connectivity index (χ0) is 14.9. The number of rotatable bonds is 3. The monoisotopic (exact) mass is 304 g/mol. The van der Waals surface area contributed by atoms with Crippen LogP contribution in [0.15, 0.2) is 29.4 Å². The number of nitrogens with one attached hydrogen (secondary N) is 1. The molecule has 2 aromatic heterocycles. The Kier molecular flexibility index (Phi) is 3.59. The van der Waals surface area contributed by atoms with Gasteiger partial charge >= 0.3 is 0 Å². The second-order valence-corrected chi connectivity index (χ2v) is 6.74. The zero-order valence-corrected chi connectivity index (χ0v) is 12.5. The predicted octanol–water partition coefficient (Wildman–Crippen LogP) is 1.86. The van der Waals surface area contributed by atoms with E-state index < -0.39 is 10.0 Å². The first-order chi connectivity index (χ1) is 10.1. The highest BCUT2D eigenvalue weighted by atomic mass is 32.2. The van der Waals surface area contributed by atoms with Crippen LogP contribution in [0.4, 0.5) is 5.95 Å². The molecular weight excluding hydrogens is 288 g/mol. The average molecular weight is 304 g/mol. The van der Waals surface area contributed by atoms with Crippen LogP contribution >= 0.6 is 0 Å². The lowest BCUT2D eigenvalue weighted by molar-refractivity contribution is 0.600. The maximum Gasteiger partial charge on any atom is 0.265 e. The van der Waals surface area contributed by atoms with Crippen molar-refractivity contribution in [3.05, 3.63) is 41.5 Å². The van der Waals surface area contributed by atoms with E-state index >= 15 is 0 Å². The second-order valence-electron chi connectivity index (χ2n) is 5.06. The van der Waals surface area contributed by atoms with Crippen LogP contribution in [0.1, 0.15) is 29.8 Å². The molecule has 0 bridgehead atoms. The molecule has 0 amide bonds. The molecule has 21 heavy (non-hydrogen) atoms. The number of hydrogen-bond acceptors (Lipinski definition) is 5. The molecule has 1 aliphatic rings. The van der Waals surface area contributed by atoms with E-state index in [1.807, 2.05) is 6.92 Å². The van der Waals surface area contributed by atoms with Crippen molar-refractivity contribution in [2.45, 2.75) is 37.5 Å². The highest BCUT2D eigenvalue weighted by Gasteiger charge is 2.19. The molecular formula is C14H16N4O2S. The third kappa shape index (κ3) is 2.87. The fourth-order valence-electron chi connectivity index (χ4n) is 2.51. The van der Waals surface area contributed by atoms with Crippen LogP contribution < -0.4 is 4.72 Å². The first kappa shape index (κ1) is 13.9. The van der Waals surface area contributed by atoms with E-state index in [1.165, 1.54) is 18.5 Å². The van der Waals surface area contributed by atoms with Gasteiger partial charge in [0.25, 0.3) is 10.0 Å². The Bertz CT molecular complexity index is 760. The molecule has 1 N–H and O–H groups in total. The SMILES string of the molecule is Cc1nc(NS(=O)(=O)c2cccnc2)nc2c1CCCC2. The zero-order valence-electron chi connectivity index (χ0n) is 11.7. The van der Waals surface area contributed by atoms with Crippen LogP contribution in [0.3, 0.4) is 0 Å². The molecule has 6 nitrogen and oxygen atoms in total. The van der Waals surface area contributed by atoms with Crippen molar-refractivity contribution in [1.82, 2.24) is 15.0 Å². The van der Waals surface area contributed by atoms with Gasteiger partial charge in [-0.05, 0) is 50.3 Å². The van der Waals surface area contributed by atoms with E-state index in [9.17, 15) is 8.42 Å². The minimum absolute atomic E-state index is 0.101. The fraction of sp³-hybridized carbons (Fsp3) is 0.357. The number of sulfonamides is 1. The van der Waals surface area contributed by atoms with Gasteiger partial charge in [-0.15, -0.1) is 0 Å². The maximum absolute atomic E-state index is 12.2. The second kappa shape index (κ2) is 5.40. The van der Waals surface area contributed by atoms with Gasteiger partial charge in [-0.3, -0.25) is 4.98 Å². The van der Waals surface area contributed by atoms with Crippen LogP contribution in [0.5, 0.6) is 0 Å². The summed E-state index contributed by atoms with van der Waals surface area (Å²) in [4.78, 5) is 12.6. The standard InChI is InChI=1S/C14H16N4O2S/c1-10-12-6-2-3-7-13(12)17-14(16-10)18-21(19,20)11-5-4-8-15-9-11/h4-5,8-9H,2-3,6-7H2,1H3,(H,16,17,18). The minimum Gasteiger partial charge on any atom is -0.263 e. The molecule has 0 radical (unpaired) electrons. The summed E-state index contributed by atoms with van der Waals surface area (Å²) in [5, 5.41) is 0. The maximum atomic E-state index is 12.2. The minimum atomic E-state index is -3.69. The van der Waals surface area contributed by atoms with Crippen molar-refractivity contribution < 1.29 is 8.42 Å². The van der Waals surface area contributed by atoms with E-state index in [2.05, 4.69) is 19.7 Å². The van der Waals surface area contributed by atoms with Gasteiger partial charge < -0.3 is 0 Å². The van der Waals surface area contributed by atoms with Gasteiger partial charge in [0.1, 0.15) is 4.90 Å². The summed E-state index contributed by atoms with van der Waals surface area (Å²) in [6.45, 7) is 1.90. The summed E-state index contributed by atoms with van der Waals surface area (Å²) in [5.41, 5.74) is 2.96. The summed E-state index contributed by atoms with van der Waals surface area (Å²) >= 11 is 0.